The van der Waals surface area contributed by atoms with Crippen LogP contribution in [0.2, 0.25) is 10.0 Å². The monoisotopic (exact) mass is 501 g/mol. The SMILES string of the molecule is O=S(=O)(c1ccc(F)c(F)c1)[C@H]1CN(S(=O)(=O)c2ccc(Cl)cc2Cl)C[C@@]1(O)CO. The van der Waals surface area contributed by atoms with Crippen LogP contribution in [0.1, 0.15) is 0 Å². The summed E-state index contributed by atoms with van der Waals surface area (Å²) in [6, 6.07) is 5.38. The number of β-amino-alcohol motifs (C(OH)–C–C–N with tert-alkyl or cyclic N) is 1. The summed E-state index contributed by atoms with van der Waals surface area (Å²) in [4.78, 5) is -1.04. The van der Waals surface area contributed by atoms with Gasteiger partial charge in [-0.05, 0) is 36.4 Å². The van der Waals surface area contributed by atoms with E-state index in [1.165, 1.54) is 12.1 Å². The Morgan fingerprint density at radius 3 is 2.30 bits per heavy atom. The molecule has 13 heteroatoms. The quantitative estimate of drug-likeness (QED) is 0.604. The van der Waals surface area contributed by atoms with E-state index in [1.807, 2.05) is 0 Å². The molecular weight excluding hydrogens is 487 g/mol. The van der Waals surface area contributed by atoms with Gasteiger partial charge in [-0.25, -0.2) is 25.6 Å². The number of hydrogen-bond acceptors (Lipinski definition) is 6. The van der Waals surface area contributed by atoms with E-state index in [-0.39, 0.29) is 14.9 Å². The minimum Gasteiger partial charge on any atom is -0.393 e. The van der Waals surface area contributed by atoms with E-state index >= 15 is 0 Å². The van der Waals surface area contributed by atoms with Crippen molar-refractivity contribution in [2.45, 2.75) is 20.6 Å². The number of sulfone groups is 1. The molecule has 1 fully saturated rings. The summed E-state index contributed by atoms with van der Waals surface area (Å²) < 4.78 is 79.3. The fourth-order valence-corrected chi connectivity index (χ4v) is 7.50. The van der Waals surface area contributed by atoms with Gasteiger partial charge in [0.1, 0.15) is 15.7 Å². The number of aliphatic hydroxyl groups excluding tert-OH is 1. The fraction of sp³-hybridized carbons (Fsp3) is 0.294. The Kier molecular flexibility index (Phi) is 6.20. The molecule has 1 heterocycles. The Morgan fingerprint density at radius 1 is 1.07 bits per heavy atom. The zero-order valence-corrected chi connectivity index (χ0v) is 18.1. The highest BCUT2D eigenvalue weighted by atomic mass is 35.5. The lowest BCUT2D eigenvalue weighted by atomic mass is 10.1. The van der Waals surface area contributed by atoms with Gasteiger partial charge >= 0.3 is 0 Å². The van der Waals surface area contributed by atoms with Crippen molar-refractivity contribution >= 4 is 43.1 Å². The summed E-state index contributed by atoms with van der Waals surface area (Å²) in [5, 5.41) is 18.5. The van der Waals surface area contributed by atoms with Crippen LogP contribution >= 0.6 is 23.2 Å². The summed E-state index contributed by atoms with van der Waals surface area (Å²) >= 11 is 11.7. The Bertz CT molecular complexity index is 1210. The van der Waals surface area contributed by atoms with Gasteiger partial charge in [-0.15, -0.1) is 0 Å². The highest BCUT2D eigenvalue weighted by molar-refractivity contribution is 7.92. The van der Waals surface area contributed by atoms with Crippen LogP contribution in [-0.2, 0) is 19.9 Å². The second-order valence-corrected chi connectivity index (χ2v) is 11.6. The second kappa shape index (κ2) is 7.97. The van der Waals surface area contributed by atoms with E-state index in [2.05, 4.69) is 0 Å². The molecule has 0 aromatic heterocycles. The minimum absolute atomic E-state index is 0.172. The minimum atomic E-state index is -4.57. The topological polar surface area (TPSA) is 112 Å². The zero-order chi connectivity index (χ0) is 22.5. The molecule has 2 aromatic rings. The second-order valence-electron chi connectivity index (χ2n) is 6.74. The summed E-state index contributed by atoms with van der Waals surface area (Å²) in [6.07, 6.45) is 0. The van der Waals surface area contributed by atoms with Crippen molar-refractivity contribution in [2.24, 2.45) is 0 Å². The van der Waals surface area contributed by atoms with E-state index in [0.29, 0.717) is 16.4 Å². The molecule has 2 atom stereocenters. The molecule has 0 spiro atoms. The molecule has 0 radical (unpaired) electrons. The third-order valence-electron chi connectivity index (χ3n) is 4.80. The maximum Gasteiger partial charge on any atom is 0.244 e. The molecule has 1 saturated heterocycles. The zero-order valence-electron chi connectivity index (χ0n) is 15.0. The summed E-state index contributed by atoms with van der Waals surface area (Å²) in [7, 11) is -8.95. The van der Waals surface area contributed by atoms with Crippen LogP contribution in [0.4, 0.5) is 8.78 Å². The maximum atomic E-state index is 13.6. The standard InChI is InChI=1S/C17H15Cl2F2NO6S2/c18-10-1-4-15(12(19)5-10)30(27,28)22-7-16(17(24,8-22)9-23)29(25,26)11-2-3-13(20)14(21)6-11/h1-6,16,23-24H,7-9H2/t16-,17+/m0/s1. The van der Waals surface area contributed by atoms with Crippen LogP contribution in [0.5, 0.6) is 0 Å². The summed E-state index contributed by atoms with van der Waals surface area (Å²) in [5.74, 6) is -2.71. The highest BCUT2D eigenvalue weighted by Gasteiger charge is 2.55. The number of sulfonamides is 1. The summed E-state index contributed by atoms with van der Waals surface area (Å²) in [5.41, 5.74) is -2.39. The molecule has 0 bridgehead atoms. The van der Waals surface area contributed by atoms with Gasteiger partial charge in [0.15, 0.2) is 21.5 Å². The smallest absolute Gasteiger partial charge is 0.244 e. The normalized spacial score (nSPS) is 23.1. The molecule has 1 aliphatic heterocycles. The van der Waals surface area contributed by atoms with Gasteiger partial charge in [0.25, 0.3) is 0 Å². The Hall–Kier alpha value is -1.34. The van der Waals surface area contributed by atoms with E-state index in [1.54, 1.807) is 0 Å². The van der Waals surface area contributed by atoms with Crippen molar-refractivity contribution in [3.63, 3.8) is 0 Å². The molecule has 0 saturated carbocycles. The predicted octanol–water partition coefficient (Wildman–Crippen LogP) is 1.84. The van der Waals surface area contributed by atoms with Crippen LogP contribution in [0, 0.1) is 11.6 Å². The van der Waals surface area contributed by atoms with Gasteiger partial charge < -0.3 is 10.2 Å². The number of halogens is 4. The van der Waals surface area contributed by atoms with E-state index < -0.39 is 66.9 Å². The summed E-state index contributed by atoms with van der Waals surface area (Å²) in [6.45, 7) is -2.61. The first-order chi connectivity index (χ1) is 13.8. The Morgan fingerprint density at radius 2 is 1.73 bits per heavy atom. The predicted molar refractivity (Wildman–Crippen MR) is 105 cm³/mol. The molecule has 164 valence electrons. The van der Waals surface area contributed by atoms with Crippen molar-refractivity contribution in [1.82, 2.24) is 4.31 Å². The van der Waals surface area contributed by atoms with Gasteiger partial charge in [0, 0.05) is 18.1 Å². The number of hydrogen-bond donors (Lipinski definition) is 2. The van der Waals surface area contributed by atoms with Gasteiger partial charge in [-0.3, -0.25) is 0 Å². The van der Waals surface area contributed by atoms with Crippen LogP contribution in [0.25, 0.3) is 0 Å². The van der Waals surface area contributed by atoms with Gasteiger partial charge in [0.05, 0.1) is 16.5 Å². The van der Waals surface area contributed by atoms with Crippen LogP contribution < -0.4 is 0 Å². The number of nitrogens with zero attached hydrogens (tertiary/aromatic N) is 1. The molecule has 30 heavy (non-hydrogen) atoms. The average molecular weight is 502 g/mol. The first kappa shape index (κ1) is 23.3. The molecule has 3 rings (SSSR count). The molecule has 0 amide bonds. The fourth-order valence-electron chi connectivity index (χ4n) is 3.19. The van der Waals surface area contributed by atoms with Crippen LogP contribution in [0.3, 0.4) is 0 Å². The maximum absolute atomic E-state index is 13.6. The number of rotatable bonds is 5. The van der Waals surface area contributed by atoms with Gasteiger partial charge in [0.2, 0.25) is 10.0 Å². The van der Waals surface area contributed by atoms with Gasteiger partial charge in [-0.1, -0.05) is 23.2 Å². The van der Waals surface area contributed by atoms with Gasteiger partial charge in [-0.2, -0.15) is 4.31 Å². The third kappa shape index (κ3) is 3.95. The Balaban J connectivity index is 2.04. The molecule has 7 nitrogen and oxygen atoms in total. The molecular formula is C17H15Cl2F2NO6S2. The number of benzene rings is 2. The van der Waals surface area contributed by atoms with Crippen LogP contribution in [-0.4, -0.2) is 61.9 Å². The van der Waals surface area contributed by atoms with Crippen molar-refractivity contribution in [2.75, 3.05) is 19.7 Å². The molecule has 0 unspecified atom stereocenters. The third-order valence-corrected chi connectivity index (χ3v) is 9.58. The van der Waals surface area contributed by atoms with E-state index in [0.717, 1.165) is 12.1 Å². The first-order valence-electron chi connectivity index (χ1n) is 8.30. The van der Waals surface area contributed by atoms with Crippen molar-refractivity contribution in [1.29, 1.82) is 0 Å². The number of aliphatic hydroxyl groups is 2. The lowest BCUT2D eigenvalue weighted by Gasteiger charge is -2.26. The largest absolute Gasteiger partial charge is 0.393 e. The Labute approximate surface area is 181 Å². The van der Waals surface area contributed by atoms with E-state index in [4.69, 9.17) is 23.2 Å². The first-order valence-corrected chi connectivity index (χ1v) is 12.0. The lowest BCUT2D eigenvalue weighted by Crippen LogP contribution is -2.49. The van der Waals surface area contributed by atoms with Crippen molar-refractivity contribution in [3.05, 3.63) is 58.1 Å². The van der Waals surface area contributed by atoms with E-state index in [9.17, 15) is 35.8 Å². The lowest BCUT2D eigenvalue weighted by molar-refractivity contribution is 0.00159. The van der Waals surface area contributed by atoms with Crippen LogP contribution in [0.15, 0.2) is 46.2 Å². The average Bonchev–Trinajstić information content (AvgIpc) is 3.03. The highest BCUT2D eigenvalue weighted by Crippen LogP contribution is 2.36. The molecule has 2 aromatic carbocycles. The van der Waals surface area contributed by atoms with Crippen molar-refractivity contribution in [3.8, 4) is 0 Å². The molecule has 2 N–H and O–H groups in total. The molecule has 1 aliphatic rings. The van der Waals surface area contributed by atoms with Crippen molar-refractivity contribution < 1.29 is 35.8 Å². The molecule has 0 aliphatic carbocycles.